The summed E-state index contributed by atoms with van der Waals surface area (Å²) in [5, 5.41) is 22.6. The van der Waals surface area contributed by atoms with Gasteiger partial charge >= 0.3 is 6.16 Å². The molecule has 0 spiro atoms. The lowest BCUT2D eigenvalue weighted by Crippen LogP contribution is -2.18. The molecule has 1 heterocycles. The molecule has 1 aliphatic rings. The van der Waals surface area contributed by atoms with Gasteiger partial charge in [-0.3, -0.25) is 4.79 Å². The topological polar surface area (TPSA) is 112 Å². The Morgan fingerprint density at radius 1 is 1.31 bits per heavy atom. The number of aromatic nitrogens is 1. The van der Waals surface area contributed by atoms with Gasteiger partial charge in [-0.15, -0.1) is 0 Å². The van der Waals surface area contributed by atoms with Gasteiger partial charge in [0, 0.05) is 23.4 Å². The van der Waals surface area contributed by atoms with Crippen LogP contribution >= 0.6 is 0 Å². The summed E-state index contributed by atoms with van der Waals surface area (Å²) < 4.78 is 4.48. The molecule has 0 unspecified atom stereocenters. The van der Waals surface area contributed by atoms with E-state index in [1.54, 1.807) is 0 Å². The van der Waals surface area contributed by atoms with Crippen molar-refractivity contribution in [3.8, 4) is 22.8 Å². The Kier molecular flexibility index (Phi) is 5.16. The molecule has 0 saturated heterocycles. The first-order valence-corrected chi connectivity index (χ1v) is 8.77. The Labute approximate surface area is 150 Å². The van der Waals surface area contributed by atoms with Crippen LogP contribution in [0.25, 0.3) is 11.3 Å². The van der Waals surface area contributed by atoms with E-state index in [-0.39, 0.29) is 0 Å². The van der Waals surface area contributed by atoms with E-state index in [0.29, 0.717) is 17.7 Å². The van der Waals surface area contributed by atoms with Crippen molar-refractivity contribution in [3.63, 3.8) is 0 Å². The normalized spacial score (nSPS) is 13.1. The molecule has 1 aromatic heterocycles. The van der Waals surface area contributed by atoms with Gasteiger partial charge < -0.3 is 25.3 Å². The van der Waals surface area contributed by atoms with Crippen molar-refractivity contribution in [2.24, 2.45) is 0 Å². The van der Waals surface area contributed by atoms with Gasteiger partial charge in [0.05, 0.1) is 5.69 Å². The number of H-pyrrole nitrogens is 1. The van der Waals surface area contributed by atoms with Crippen LogP contribution in [0.4, 0.5) is 10.5 Å². The molecule has 0 atom stereocenters. The molecule has 4 N–H and O–H groups in total. The van der Waals surface area contributed by atoms with E-state index >= 15 is 0 Å². The molecule has 0 saturated carbocycles. The zero-order valence-corrected chi connectivity index (χ0v) is 14.6. The third-order valence-electron chi connectivity index (χ3n) is 4.51. The quantitative estimate of drug-likeness (QED) is 0.622. The fourth-order valence-electron chi connectivity index (χ4n) is 3.30. The zero-order chi connectivity index (χ0) is 18.7. The molecule has 0 amide bonds. The van der Waals surface area contributed by atoms with Crippen LogP contribution in [0, 0.1) is 0 Å². The van der Waals surface area contributed by atoms with E-state index < -0.39 is 23.2 Å². The van der Waals surface area contributed by atoms with Crippen LogP contribution in [0.5, 0.6) is 11.5 Å². The molecule has 1 aliphatic carbocycles. The van der Waals surface area contributed by atoms with Gasteiger partial charge in [0.25, 0.3) is 5.56 Å². The van der Waals surface area contributed by atoms with Crippen LogP contribution in [0.3, 0.4) is 0 Å². The van der Waals surface area contributed by atoms with Gasteiger partial charge in [-0.05, 0) is 49.8 Å². The number of pyridine rings is 1. The van der Waals surface area contributed by atoms with Gasteiger partial charge in [-0.2, -0.15) is 0 Å². The summed E-state index contributed by atoms with van der Waals surface area (Å²) in [4.78, 5) is 25.7. The molecule has 26 heavy (non-hydrogen) atoms. The van der Waals surface area contributed by atoms with Crippen LogP contribution in [0.15, 0.2) is 23.0 Å². The maximum absolute atomic E-state index is 12.2. The summed E-state index contributed by atoms with van der Waals surface area (Å²) in [5.41, 5.74) is 3.22. The first kappa shape index (κ1) is 17.8. The number of hydrogen-bond donors (Lipinski definition) is 4. The van der Waals surface area contributed by atoms with Crippen molar-refractivity contribution in [1.82, 2.24) is 4.98 Å². The predicted molar refractivity (Wildman–Crippen MR) is 98.2 cm³/mol. The SMILES string of the molecule is CCCNc1ccc2c(c1)CCCCc1c-2[nH]c(=O)c(OC(=O)O)c1O. The lowest BCUT2D eigenvalue weighted by molar-refractivity contribution is 0.142. The van der Waals surface area contributed by atoms with Crippen LogP contribution < -0.4 is 15.6 Å². The first-order valence-electron chi connectivity index (χ1n) is 8.77. The summed E-state index contributed by atoms with van der Waals surface area (Å²) in [6, 6.07) is 5.93. The number of aryl methyl sites for hydroxylation is 1. The maximum atomic E-state index is 12.2. The highest BCUT2D eigenvalue weighted by Gasteiger charge is 2.23. The van der Waals surface area contributed by atoms with Crippen LogP contribution in [0.1, 0.15) is 37.3 Å². The van der Waals surface area contributed by atoms with E-state index in [4.69, 9.17) is 5.11 Å². The Morgan fingerprint density at radius 3 is 2.81 bits per heavy atom. The van der Waals surface area contributed by atoms with Crippen molar-refractivity contribution in [2.45, 2.75) is 39.0 Å². The summed E-state index contributed by atoms with van der Waals surface area (Å²) >= 11 is 0. The standard InChI is InChI=1S/C19H22N2O5/c1-2-9-20-12-7-8-13-11(10-12)5-3-4-6-14-15(13)21-18(23)17(16(14)22)26-19(24)25/h7-8,10,20H,2-6,9H2,1H3,(H,24,25)(H2,21,22,23). The predicted octanol–water partition coefficient (Wildman–Crippen LogP) is 3.51. The smallest absolute Gasteiger partial charge is 0.504 e. The summed E-state index contributed by atoms with van der Waals surface area (Å²) in [6.07, 6.45) is 2.52. The minimum absolute atomic E-state index is 0.396. The highest BCUT2D eigenvalue weighted by Crippen LogP contribution is 2.38. The molecule has 0 bridgehead atoms. The van der Waals surface area contributed by atoms with Gasteiger partial charge in [0.2, 0.25) is 5.75 Å². The number of nitrogens with one attached hydrogen (secondary N) is 2. The zero-order valence-electron chi connectivity index (χ0n) is 14.6. The minimum Gasteiger partial charge on any atom is -0.504 e. The number of anilines is 1. The molecule has 1 aromatic carbocycles. The van der Waals surface area contributed by atoms with Crippen molar-refractivity contribution >= 4 is 11.8 Å². The number of rotatable bonds is 4. The summed E-state index contributed by atoms with van der Waals surface area (Å²) in [6.45, 7) is 2.98. The first-order chi connectivity index (χ1) is 12.5. The molecular weight excluding hydrogens is 336 g/mol. The molecule has 0 aliphatic heterocycles. The number of carboxylic acid groups (broad SMARTS) is 1. The van der Waals surface area contributed by atoms with E-state index in [1.807, 2.05) is 12.1 Å². The average Bonchev–Trinajstić information content (AvgIpc) is 2.60. The molecule has 7 heteroatoms. The second kappa shape index (κ2) is 7.51. The number of fused-ring (bicyclic) bond motifs is 3. The maximum Gasteiger partial charge on any atom is 0.511 e. The monoisotopic (exact) mass is 358 g/mol. The molecule has 2 aromatic rings. The number of aromatic hydroxyl groups is 1. The van der Waals surface area contributed by atoms with Crippen LogP contribution in [-0.2, 0) is 12.8 Å². The molecule has 138 valence electrons. The Bertz CT molecular complexity index is 888. The number of ether oxygens (including phenoxy) is 1. The van der Waals surface area contributed by atoms with Crippen molar-refractivity contribution in [3.05, 3.63) is 39.7 Å². The Hall–Kier alpha value is -2.96. The van der Waals surface area contributed by atoms with Gasteiger partial charge in [0.15, 0.2) is 5.75 Å². The number of carbonyl (C=O) groups is 1. The lowest BCUT2D eigenvalue weighted by Gasteiger charge is -2.20. The number of aromatic amines is 1. The fourth-order valence-corrected chi connectivity index (χ4v) is 3.30. The van der Waals surface area contributed by atoms with Crippen molar-refractivity contribution in [2.75, 3.05) is 11.9 Å². The second-order valence-corrected chi connectivity index (χ2v) is 6.36. The highest BCUT2D eigenvalue weighted by atomic mass is 16.7. The minimum atomic E-state index is -1.64. The van der Waals surface area contributed by atoms with E-state index in [2.05, 4.69) is 28.0 Å². The number of hydrogen-bond acceptors (Lipinski definition) is 5. The van der Waals surface area contributed by atoms with E-state index in [9.17, 15) is 14.7 Å². The van der Waals surface area contributed by atoms with Crippen LogP contribution in [-0.4, -0.2) is 27.9 Å². The third kappa shape index (κ3) is 3.51. The van der Waals surface area contributed by atoms with E-state index in [1.165, 1.54) is 0 Å². The molecule has 0 radical (unpaired) electrons. The van der Waals surface area contributed by atoms with Crippen molar-refractivity contribution in [1.29, 1.82) is 0 Å². The highest BCUT2D eigenvalue weighted by molar-refractivity contribution is 5.74. The second-order valence-electron chi connectivity index (χ2n) is 6.36. The lowest BCUT2D eigenvalue weighted by atomic mass is 9.90. The Balaban J connectivity index is 2.13. The summed E-state index contributed by atoms with van der Waals surface area (Å²) in [7, 11) is 0. The third-order valence-corrected chi connectivity index (χ3v) is 4.51. The van der Waals surface area contributed by atoms with Gasteiger partial charge in [-0.1, -0.05) is 13.0 Å². The molecule has 7 nitrogen and oxygen atoms in total. The van der Waals surface area contributed by atoms with Crippen LogP contribution in [0.2, 0.25) is 0 Å². The largest absolute Gasteiger partial charge is 0.511 e. The Morgan fingerprint density at radius 2 is 2.08 bits per heavy atom. The van der Waals surface area contributed by atoms with Crippen molar-refractivity contribution < 1.29 is 19.7 Å². The number of benzene rings is 1. The van der Waals surface area contributed by atoms with Gasteiger partial charge in [0.1, 0.15) is 0 Å². The molecular formula is C19H22N2O5. The fraction of sp³-hybridized carbons (Fsp3) is 0.368. The van der Waals surface area contributed by atoms with Gasteiger partial charge in [-0.25, -0.2) is 4.79 Å². The average molecular weight is 358 g/mol. The summed E-state index contributed by atoms with van der Waals surface area (Å²) in [5.74, 6) is -0.966. The molecule has 0 fully saturated rings. The molecule has 3 rings (SSSR count). The van der Waals surface area contributed by atoms with E-state index in [0.717, 1.165) is 49.0 Å².